The molecule has 2 heterocycles. The third-order valence-electron chi connectivity index (χ3n) is 5.78. The average molecular weight is 380 g/mol. The van der Waals surface area contributed by atoms with E-state index in [4.69, 9.17) is 0 Å². The van der Waals surface area contributed by atoms with Gasteiger partial charge in [0.2, 0.25) is 0 Å². The van der Waals surface area contributed by atoms with Gasteiger partial charge in [-0.2, -0.15) is 0 Å². The van der Waals surface area contributed by atoms with Crippen molar-refractivity contribution in [2.45, 2.75) is 63.3 Å². The molecule has 1 saturated carbocycles. The molecule has 0 saturated heterocycles. The van der Waals surface area contributed by atoms with Crippen LogP contribution in [0.2, 0.25) is 0 Å². The molecule has 3 N–H and O–H groups in total. The summed E-state index contributed by atoms with van der Waals surface area (Å²) >= 11 is 0. The first kappa shape index (κ1) is 18.9. The summed E-state index contributed by atoms with van der Waals surface area (Å²) in [6.45, 7) is 3.70. The van der Waals surface area contributed by atoms with E-state index in [2.05, 4.69) is 27.4 Å². The van der Waals surface area contributed by atoms with Gasteiger partial charge < -0.3 is 15.4 Å². The summed E-state index contributed by atoms with van der Waals surface area (Å²) in [5, 5.41) is 14.4. The van der Waals surface area contributed by atoms with Crippen LogP contribution in [0.1, 0.15) is 57.2 Å². The quantitative estimate of drug-likeness (QED) is 0.634. The molecule has 6 nitrogen and oxygen atoms in total. The highest BCUT2D eigenvalue weighted by Crippen LogP contribution is 2.33. The molecular weight excluding hydrogens is 352 g/mol. The number of pyridine rings is 1. The van der Waals surface area contributed by atoms with Gasteiger partial charge in [-0.3, -0.25) is 4.57 Å². The van der Waals surface area contributed by atoms with E-state index < -0.39 is 5.60 Å². The molecule has 28 heavy (non-hydrogen) atoms. The largest absolute Gasteiger partial charge is 0.388 e. The molecular formula is C22H28N4O2. The molecule has 6 heteroatoms. The second-order valence-corrected chi connectivity index (χ2v) is 8.34. The molecule has 0 aliphatic heterocycles. The van der Waals surface area contributed by atoms with Crippen LogP contribution in [0.15, 0.2) is 53.5 Å². The lowest BCUT2D eigenvalue weighted by molar-refractivity contribution is 0.0292. The van der Waals surface area contributed by atoms with Gasteiger partial charge in [0.1, 0.15) is 0 Å². The highest BCUT2D eigenvalue weighted by molar-refractivity contribution is 5.70. The zero-order valence-electron chi connectivity index (χ0n) is 16.4. The molecule has 0 spiro atoms. The van der Waals surface area contributed by atoms with Crippen molar-refractivity contribution in [1.82, 2.24) is 19.9 Å². The lowest BCUT2D eigenvalue weighted by Gasteiger charge is -2.37. The van der Waals surface area contributed by atoms with Crippen molar-refractivity contribution in [3.05, 3.63) is 64.7 Å². The molecule has 1 aliphatic rings. The second kappa shape index (κ2) is 7.53. The van der Waals surface area contributed by atoms with Crippen LogP contribution in [0.3, 0.4) is 0 Å². The number of H-pyrrole nitrogens is 1. The molecule has 0 radical (unpaired) electrons. The fourth-order valence-corrected chi connectivity index (χ4v) is 4.39. The van der Waals surface area contributed by atoms with Gasteiger partial charge in [0.05, 0.1) is 17.2 Å². The van der Waals surface area contributed by atoms with Crippen molar-refractivity contribution in [3.63, 3.8) is 0 Å². The molecule has 1 aromatic carbocycles. The van der Waals surface area contributed by atoms with Crippen LogP contribution in [0.4, 0.5) is 0 Å². The molecule has 148 valence electrons. The molecule has 4 rings (SSSR count). The van der Waals surface area contributed by atoms with Crippen molar-refractivity contribution in [2.24, 2.45) is 0 Å². The van der Waals surface area contributed by atoms with Crippen molar-refractivity contribution in [1.29, 1.82) is 0 Å². The van der Waals surface area contributed by atoms with Gasteiger partial charge in [-0.1, -0.05) is 30.3 Å². The Bertz CT molecular complexity index is 979. The first-order valence-corrected chi connectivity index (χ1v) is 10.0. The first-order chi connectivity index (χ1) is 13.4. The third kappa shape index (κ3) is 3.75. The van der Waals surface area contributed by atoms with E-state index in [9.17, 15) is 9.90 Å². The van der Waals surface area contributed by atoms with Crippen LogP contribution in [0.25, 0.3) is 11.2 Å². The standard InChI is InChI=1S/C22H28N4O2/c1-22(2,28)19(15-7-4-3-5-8-15)24-16-10-12-17(13-11-16)26-20-18(25-21(26)27)9-6-14-23-20/h3-9,14,16-17,19,24,28H,10-13H2,1-2H3,(H,25,27). The Labute approximate surface area is 164 Å². The van der Waals surface area contributed by atoms with Crippen LogP contribution >= 0.6 is 0 Å². The van der Waals surface area contributed by atoms with Gasteiger partial charge in [-0.25, -0.2) is 9.78 Å². The highest BCUT2D eigenvalue weighted by Gasteiger charge is 2.32. The van der Waals surface area contributed by atoms with Crippen LogP contribution in [0, 0.1) is 0 Å². The average Bonchev–Trinajstić information content (AvgIpc) is 3.02. The molecule has 0 amide bonds. The van der Waals surface area contributed by atoms with E-state index in [0.717, 1.165) is 42.4 Å². The molecule has 1 fully saturated rings. The van der Waals surface area contributed by atoms with Crippen molar-refractivity contribution in [3.8, 4) is 0 Å². The van der Waals surface area contributed by atoms with Gasteiger partial charge in [-0.05, 0) is 57.2 Å². The summed E-state index contributed by atoms with van der Waals surface area (Å²) < 4.78 is 1.82. The molecule has 1 aliphatic carbocycles. The van der Waals surface area contributed by atoms with Gasteiger partial charge in [0.15, 0.2) is 5.65 Å². The number of nitrogens with one attached hydrogen (secondary N) is 2. The maximum Gasteiger partial charge on any atom is 0.327 e. The third-order valence-corrected chi connectivity index (χ3v) is 5.78. The van der Waals surface area contributed by atoms with Gasteiger partial charge in [0.25, 0.3) is 0 Å². The van der Waals surface area contributed by atoms with E-state index in [1.807, 2.05) is 48.7 Å². The monoisotopic (exact) mass is 380 g/mol. The van der Waals surface area contributed by atoms with Gasteiger partial charge in [-0.15, -0.1) is 0 Å². The number of fused-ring (bicyclic) bond motifs is 1. The van der Waals surface area contributed by atoms with Crippen LogP contribution in [-0.4, -0.2) is 31.3 Å². The molecule has 0 bridgehead atoms. The Hall–Kier alpha value is -2.44. The lowest BCUT2D eigenvalue weighted by atomic mass is 9.86. The predicted octanol–water partition coefficient (Wildman–Crippen LogP) is 3.31. The number of rotatable bonds is 5. The van der Waals surface area contributed by atoms with E-state index in [0.29, 0.717) is 6.04 Å². The number of imidazole rings is 1. The maximum absolute atomic E-state index is 12.4. The molecule has 3 aromatic rings. The fraction of sp³-hybridized carbons (Fsp3) is 0.455. The number of aliphatic hydroxyl groups is 1. The molecule has 1 atom stereocenters. The lowest BCUT2D eigenvalue weighted by Crippen LogP contribution is -2.45. The number of hydrogen-bond acceptors (Lipinski definition) is 4. The first-order valence-electron chi connectivity index (χ1n) is 10.0. The Morgan fingerprint density at radius 3 is 2.54 bits per heavy atom. The normalized spacial score (nSPS) is 21.7. The number of aromatic nitrogens is 3. The smallest absolute Gasteiger partial charge is 0.327 e. The zero-order valence-corrected chi connectivity index (χ0v) is 16.4. The Balaban J connectivity index is 1.48. The Morgan fingerprint density at radius 1 is 1.14 bits per heavy atom. The summed E-state index contributed by atoms with van der Waals surface area (Å²) in [5.41, 5.74) is 1.68. The summed E-state index contributed by atoms with van der Waals surface area (Å²) in [6.07, 6.45) is 5.46. The topological polar surface area (TPSA) is 82.9 Å². The van der Waals surface area contributed by atoms with E-state index in [-0.39, 0.29) is 17.8 Å². The number of aromatic amines is 1. The summed E-state index contributed by atoms with van der Waals surface area (Å²) in [6, 6.07) is 14.2. The fourth-order valence-electron chi connectivity index (χ4n) is 4.39. The Kier molecular flexibility index (Phi) is 5.08. The number of nitrogens with zero attached hydrogens (tertiary/aromatic N) is 2. The summed E-state index contributed by atoms with van der Waals surface area (Å²) in [5.74, 6) is 0. The van der Waals surface area contributed by atoms with E-state index in [1.165, 1.54) is 0 Å². The van der Waals surface area contributed by atoms with E-state index in [1.54, 1.807) is 6.20 Å². The predicted molar refractivity (Wildman–Crippen MR) is 110 cm³/mol. The SMILES string of the molecule is CC(C)(O)C(NC1CCC(n2c(=O)[nH]c3cccnc32)CC1)c1ccccc1. The van der Waals surface area contributed by atoms with Crippen molar-refractivity contribution < 1.29 is 5.11 Å². The van der Waals surface area contributed by atoms with Gasteiger partial charge >= 0.3 is 5.69 Å². The minimum absolute atomic E-state index is 0.0798. The Morgan fingerprint density at radius 2 is 1.86 bits per heavy atom. The van der Waals surface area contributed by atoms with Crippen LogP contribution in [-0.2, 0) is 0 Å². The van der Waals surface area contributed by atoms with Crippen molar-refractivity contribution >= 4 is 11.2 Å². The minimum atomic E-state index is -0.865. The second-order valence-electron chi connectivity index (χ2n) is 8.34. The van der Waals surface area contributed by atoms with E-state index >= 15 is 0 Å². The zero-order chi connectivity index (χ0) is 19.7. The highest BCUT2D eigenvalue weighted by atomic mass is 16.3. The maximum atomic E-state index is 12.4. The molecule has 2 aromatic heterocycles. The summed E-state index contributed by atoms with van der Waals surface area (Å²) in [4.78, 5) is 19.7. The van der Waals surface area contributed by atoms with Crippen molar-refractivity contribution in [2.75, 3.05) is 0 Å². The molecule has 1 unspecified atom stereocenters. The number of hydrogen-bond donors (Lipinski definition) is 3. The number of benzene rings is 1. The summed E-state index contributed by atoms with van der Waals surface area (Å²) in [7, 11) is 0. The van der Waals surface area contributed by atoms with Gasteiger partial charge in [0, 0.05) is 18.3 Å². The van der Waals surface area contributed by atoms with Crippen LogP contribution in [0.5, 0.6) is 0 Å². The minimum Gasteiger partial charge on any atom is -0.388 e. The van der Waals surface area contributed by atoms with Crippen LogP contribution < -0.4 is 11.0 Å².